The van der Waals surface area contributed by atoms with Gasteiger partial charge in [-0.1, -0.05) is 93.1 Å². The highest BCUT2D eigenvalue weighted by Gasteiger charge is 2.19. The minimum atomic E-state index is -0.375. The van der Waals surface area contributed by atoms with Gasteiger partial charge in [0, 0.05) is 12.7 Å². The molecule has 0 bridgehead atoms. The standard InChI is InChI=1S/C34H40O3/c1-3-34(36)37-23-5-7-32-24-31(20-21-33(32)30-14-10-26(11-15-30)6-4-22-35)29-18-16-28(17-19-29)27-12-8-25(2)9-13-27/h3,10-11,14-21,24-25,27,35H,1,4-9,12-13,22-23H2,2H3. The second-order valence-corrected chi connectivity index (χ2v) is 10.4. The van der Waals surface area contributed by atoms with E-state index >= 15 is 0 Å². The number of hydrogen-bond donors (Lipinski definition) is 1. The highest BCUT2D eigenvalue weighted by atomic mass is 16.5. The molecule has 0 heterocycles. The maximum atomic E-state index is 11.5. The maximum absolute atomic E-state index is 11.5. The maximum Gasteiger partial charge on any atom is 0.330 e. The number of esters is 1. The van der Waals surface area contributed by atoms with Gasteiger partial charge in [0.2, 0.25) is 0 Å². The third kappa shape index (κ3) is 7.42. The SMILES string of the molecule is C=CC(=O)OCCCc1cc(-c2ccc(C3CCC(C)CC3)cc2)ccc1-c1ccc(CCCO)cc1. The summed E-state index contributed by atoms with van der Waals surface area (Å²) < 4.78 is 5.23. The number of benzene rings is 3. The van der Waals surface area contributed by atoms with Crippen LogP contribution in [0.3, 0.4) is 0 Å². The van der Waals surface area contributed by atoms with Crippen molar-refractivity contribution >= 4 is 5.97 Å². The molecule has 4 rings (SSSR count). The number of carbonyl (C=O) groups excluding carboxylic acids is 1. The van der Waals surface area contributed by atoms with Gasteiger partial charge in [-0.15, -0.1) is 0 Å². The van der Waals surface area contributed by atoms with Crippen LogP contribution in [0.4, 0.5) is 0 Å². The lowest BCUT2D eigenvalue weighted by Crippen LogP contribution is -2.10. The van der Waals surface area contributed by atoms with Crippen LogP contribution in [-0.2, 0) is 22.4 Å². The van der Waals surface area contributed by atoms with Gasteiger partial charge in [0.1, 0.15) is 0 Å². The molecule has 1 N–H and O–H groups in total. The second kappa shape index (κ2) is 13.4. The predicted molar refractivity (Wildman–Crippen MR) is 153 cm³/mol. The molecule has 0 atom stereocenters. The second-order valence-electron chi connectivity index (χ2n) is 10.4. The highest BCUT2D eigenvalue weighted by Crippen LogP contribution is 2.37. The Balaban J connectivity index is 1.55. The van der Waals surface area contributed by atoms with Crippen molar-refractivity contribution in [3.63, 3.8) is 0 Å². The first-order valence-electron chi connectivity index (χ1n) is 13.8. The molecule has 0 aromatic heterocycles. The van der Waals surface area contributed by atoms with E-state index in [9.17, 15) is 4.79 Å². The van der Waals surface area contributed by atoms with Crippen LogP contribution in [0.5, 0.6) is 0 Å². The summed E-state index contributed by atoms with van der Waals surface area (Å²) in [7, 11) is 0. The van der Waals surface area contributed by atoms with Crippen LogP contribution >= 0.6 is 0 Å². The van der Waals surface area contributed by atoms with Gasteiger partial charge in [0.05, 0.1) is 6.61 Å². The molecule has 194 valence electrons. The third-order valence-corrected chi connectivity index (χ3v) is 7.73. The van der Waals surface area contributed by atoms with Gasteiger partial charge in [0.15, 0.2) is 0 Å². The average molecular weight is 497 g/mol. The van der Waals surface area contributed by atoms with Crippen molar-refractivity contribution in [3.05, 3.63) is 96.1 Å². The van der Waals surface area contributed by atoms with Crippen molar-refractivity contribution in [2.24, 2.45) is 5.92 Å². The Kier molecular flexibility index (Phi) is 9.73. The van der Waals surface area contributed by atoms with Crippen LogP contribution in [0.15, 0.2) is 79.4 Å². The van der Waals surface area contributed by atoms with Crippen LogP contribution < -0.4 is 0 Å². The summed E-state index contributed by atoms with van der Waals surface area (Å²) in [5.74, 6) is 1.19. The lowest BCUT2D eigenvalue weighted by atomic mass is 9.79. The van der Waals surface area contributed by atoms with Gasteiger partial charge in [-0.05, 0) is 89.3 Å². The van der Waals surface area contributed by atoms with Crippen LogP contribution in [-0.4, -0.2) is 24.3 Å². The molecule has 0 radical (unpaired) electrons. The molecule has 1 fully saturated rings. The highest BCUT2D eigenvalue weighted by molar-refractivity contribution is 5.81. The molecule has 1 aliphatic carbocycles. The third-order valence-electron chi connectivity index (χ3n) is 7.73. The lowest BCUT2D eigenvalue weighted by molar-refractivity contribution is -0.137. The fourth-order valence-corrected chi connectivity index (χ4v) is 5.43. The fraction of sp³-hybridized carbons (Fsp3) is 0.382. The summed E-state index contributed by atoms with van der Waals surface area (Å²) >= 11 is 0. The smallest absolute Gasteiger partial charge is 0.330 e. The molecule has 0 saturated heterocycles. The van der Waals surface area contributed by atoms with E-state index in [2.05, 4.69) is 80.2 Å². The summed E-state index contributed by atoms with van der Waals surface area (Å²) in [5.41, 5.74) is 8.79. The Morgan fingerprint density at radius 1 is 0.892 bits per heavy atom. The molecule has 3 aromatic carbocycles. The summed E-state index contributed by atoms with van der Waals surface area (Å²) in [6.45, 7) is 6.43. The van der Waals surface area contributed by atoms with E-state index in [0.717, 1.165) is 31.6 Å². The molecule has 3 heteroatoms. The molecule has 0 unspecified atom stereocenters. The first kappa shape index (κ1) is 26.9. The van der Waals surface area contributed by atoms with Crippen molar-refractivity contribution in [2.75, 3.05) is 13.2 Å². The van der Waals surface area contributed by atoms with E-state index in [4.69, 9.17) is 9.84 Å². The molecular weight excluding hydrogens is 456 g/mol. The zero-order valence-electron chi connectivity index (χ0n) is 22.1. The summed E-state index contributed by atoms with van der Waals surface area (Å²) in [5, 5.41) is 9.12. The molecule has 0 amide bonds. The van der Waals surface area contributed by atoms with Gasteiger partial charge in [-0.2, -0.15) is 0 Å². The molecule has 0 aliphatic heterocycles. The van der Waals surface area contributed by atoms with Crippen LogP contribution in [0.1, 0.15) is 68.1 Å². The normalized spacial score (nSPS) is 17.4. The largest absolute Gasteiger partial charge is 0.463 e. The van der Waals surface area contributed by atoms with E-state index in [1.54, 1.807) is 0 Å². The number of ether oxygens (including phenoxy) is 1. The Hall–Kier alpha value is -3.17. The van der Waals surface area contributed by atoms with E-state index in [1.165, 1.54) is 70.7 Å². The number of aryl methyl sites for hydroxylation is 2. The Bertz CT molecular complexity index is 1150. The first-order chi connectivity index (χ1) is 18.1. The van der Waals surface area contributed by atoms with Crippen molar-refractivity contribution in [1.82, 2.24) is 0 Å². The van der Waals surface area contributed by atoms with Crippen LogP contribution in [0, 0.1) is 5.92 Å². The fourth-order valence-electron chi connectivity index (χ4n) is 5.43. The number of aliphatic hydroxyl groups excluding tert-OH is 1. The topological polar surface area (TPSA) is 46.5 Å². The molecular formula is C34H40O3. The van der Waals surface area contributed by atoms with Crippen molar-refractivity contribution < 1.29 is 14.6 Å². The predicted octanol–water partition coefficient (Wildman–Crippen LogP) is 7.90. The first-order valence-corrected chi connectivity index (χ1v) is 13.8. The number of aliphatic hydroxyl groups is 1. The van der Waals surface area contributed by atoms with Gasteiger partial charge >= 0.3 is 5.97 Å². The quantitative estimate of drug-likeness (QED) is 0.167. The molecule has 1 aliphatic rings. The van der Waals surface area contributed by atoms with E-state index < -0.39 is 0 Å². The van der Waals surface area contributed by atoms with Gasteiger partial charge < -0.3 is 9.84 Å². The average Bonchev–Trinajstić information content (AvgIpc) is 2.95. The van der Waals surface area contributed by atoms with E-state index in [0.29, 0.717) is 12.5 Å². The minimum Gasteiger partial charge on any atom is -0.463 e. The number of carbonyl (C=O) groups is 1. The van der Waals surface area contributed by atoms with Gasteiger partial charge in [0.25, 0.3) is 0 Å². The zero-order valence-corrected chi connectivity index (χ0v) is 22.1. The lowest BCUT2D eigenvalue weighted by Gasteiger charge is -2.26. The Morgan fingerprint density at radius 3 is 2.24 bits per heavy atom. The van der Waals surface area contributed by atoms with Crippen molar-refractivity contribution in [2.45, 2.75) is 64.2 Å². The van der Waals surface area contributed by atoms with Crippen LogP contribution in [0.2, 0.25) is 0 Å². The monoisotopic (exact) mass is 496 g/mol. The molecule has 3 aromatic rings. The zero-order chi connectivity index (χ0) is 26.0. The van der Waals surface area contributed by atoms with E-state index in [-0.39, 0.29) is 12.6 Å². The van der Waals surface area contributed by atoms with E-state index in [1.807, 2.05) is 0 Å². The number of hydrogen-bond acceptors (Lipinski definition) is 3. The molecule has 37 heavy (non-hydrogen) atoms. The van der Waals surface area contributed by atoms with Crippen molar-refractivity contribution in [1.29, 1.82) is 0 Å². The Morgan fingerprint density at radius 2 is 1.57 bits per heavy atom. The minimum absolute atomic E-state index is 0.213. The van der Waals surface area contributed by atoms with Crippen LogP contribution in [0.25, 0.3) is 22.3 Å². The number of rotatable bonds is 11. The van der Waals surface area contributed by atoms with Gasteiger partial charge in [-0.25, -0.2) is 4.79 Å². The van der Waals surface area contributed by atoms with Crippen molar-refractivity contribution in [3.8, 4) is 22.3 Å². The molecule has 1 saturated carbocycles. The Labute approximate surface area is 222 Å². The molecule has 0 spiro atoms. The summed E-state index contributed by atoms with van der Waals surface area (Å²) in [6, 6.07) is 24.6. The summed E-state index contributed by atoms with van der Waals surface area (Å²) in [4.78, 5) is 11.5. The molecule has 3 nitrogen and oxygen atoms in total. The van der Waals surface area contributed by atoms with Gasteiger partial charge in [-0.3, -0.25) is 0 Å². The summed E-state index contributed by atoms with van der Waals surface area (Å²) in [6.07, 6.45) is 9.71.